The number of aromatic nitrogens is 1. The first-order valence-electron chi connectivity index (χ1n) is 8.62. The van der Waals surface area contributed by atoms with Gasteiger partial charge in [-0.15, -0.1) is 24.0 Å². The zero-order chi connectivity index (χ0) is 19.8. The van der Waals surface area contributed by atoms with Crippen LogP contribution in [0.25, 0.3) is 0 Å². The molecule has 6 nitrogen and oxygen atoms in total. The molecule has 1 heterocycles. The lowest BCUT2D eigenvalue weighted by molar-refractivity contribution is -0.0504. The van der Waals surface area contributed by atoms with E-state index in [0.717, 1.165) is 34.3 Å². The van der Waals surface area contributed by atoms with E-state index in [2.05, 4.69) is 41.4 Å². The van der Waals surface area contributed by atoms with Crippen LogP contribution in [-0.4, -0.2) is 24.8 Å². The van der Waals surface area contributed by atoms with Crippen molar-refractivity contribution in [2.24, 2.45) is 4.99 Å². The van der Waals surface area contributed by atoms with Gasteiger partial charge >= 0.3 is 6.61 Å². The Hall–Kier alpha value is -1.43. The highest BCUT2D eigenvalue weighted by Crippen LogP contribution is 2.24. The van der Waals surface area contributed by atoms with Gasteiger partial charge in [-0.1, -0.05) is 34.9 Å². The Kier molecular flexibility index (Phi) is 10.7. The second-order valence-electron chi connectivity index (χ2n) is 5.65. The minimum atomic E-state index is -2.88. The SMILES string of the molecule is CCc1noc(CC)c1CNC(=NC)NCc1cc(Br)ccc1OC(F)F.I. The van der Waals surface area contributed by atoms with Crippen molar-refractivity contribution in [2.45, 2.75) is 46.4 Å². The summed E-state index contributed by atoms with van der Waals surface area (Å²) >= 11 is 3.34. The highest BCUT2D eigenvalue weighted by Gasteiger charge is 2.14. The number of benzene rings is 1. The molecule has 0 radical (unpaired) electrons. The van der Waals surface area contributed by atoms with Crippen LogP contribution >= 0.6 is 39.9 Å². The van der Waals surface area contributed by atoms with Crippen LogP contribution in [0.5, 0.6) is 5.75 Å². The van der Waals surface area contributed by atoms with Crippen LogP contribution in [0, 0.1) is 0 Å². The van der Waals surface area contributed by atoms with Crippen molar-refractivity contribution < 1.29 is 18.0 Å². The fourth-order valence-corrected chi connectivity index (χ4v) is 3.02. The number of rotatable bonds is 8. The number of ether oxygens (including phenoxy) is 1. The van der Waals surface area contributed by atoms with Crippen molar-refractivity contribution >= 4 is 45.9 Å². The fraction of sp³-hybridized carbons (Fsp3) is 0.444. The molecule has 2 aromatic rings. The number of hydrogen-bond acceptors (Lipinski definition) is 4. The molecule has 2 N–H and O–H groups in total. The number of alkyl halides is 2. The summed E-state index contributed by atoms with van der Waals surface area (Å²) in [4.78, 5) is 4.17. The summed E-state index contributed by atoms with van der Waals surface area (Å²) in [6.45, 7) is 1.93. The minimum absolute atomic E-state index is 0. The highest BCUT2D eigenvalue weighted by atomic mass is 127. The van der Waals surface area contributed by atoms with Gasteiger partial charge in [0.1, 0.15) is 11.5 Å². The van der Waals surface area contributed by atoms with Gasteiger partial charge in [-0.3, -0.25) is 4.99 Å². The van der Waals surface area contributed by atoms with E-state index in [1.54, 1.807) is 19.2 Å². The number of aryl methyl sites for hydroxylation is 2. The van der Waals surface area contributed by atoms with Gasteiger partial charge in [-0.05, 0) is 24.6 Å². The Balaban J connectivity index is 0.00000392. The lowest BCUT2D eigenvalue weighted by atomic mass is 10.1. The summed E-state index contributed by atoms with van der Waals surface area (Å²) in [7, 11) is 1.64. The molecule has 0 fully saturated rings. The lowest BCUT2D eigenvalue weighted by Gasteiger charge is -2.15. The average molecular weight is 573 g/mol. The van der Waals surface area contributed by atoms with Gasteiger partial charge in [0.2, 0.25) is 0 Å². The van der Waals surface area contributed by atoms with E-state index in [4.69, 9.17) is 4.52 Å². The van der Waals surface area contributed by atoms with Gasteiger partial charge in [-0.25, -0.2) is 0 Å². The number of guanidine groups is 1. The van der Waals surface area contributed by atoms with Crippen molar-refractivity contribution in [3.8, 4) is 5.75 Å². The van der Waals surface area contributed by atoms with Crippen LogP contribution in [0.2, 0.25) is 0 Å². The predicted molar refractivity (Wildman–Crippen MR) is 118 cm³/mol. The zero-order valence-corrected chi connectivity index (χ0v) is 19.8. The number of hydrogen-bond donors (Lipinski definition) is 2. The van der Waals surface area contributed by atoms with E-state index in [-0.39, 0.29) is 36.3 Å². The molecule has 2 rings (SSSR count). The molecule has 28 heavy (non-hydrogen) atoms. The van der Waals surface area contributed by atoms with E-state index in [1.807, 2.05) is 13.8 Å². The molecule has 0 unspecified atom stereocenters. The smallest absolute Gasteiger partial charge is 0.387 e. The molecule has 0 atom stereocenters. The van der Waals surface area contributed by atoms with Gasteiger partial charge in [-0.2, -0.15) is 8.78 Å². The van der Waals surface area contributed by atoms with E-state index in [1.165, 1.54) is 6.07 Å². The molecule has 0 bridgehead atoms. The molecular weight excluding hydrogens is 549 g/mol. The van der Waals surface area contributed by atoms with Crippen LogP contribution in [0.1, 0.15) is 36.4 Å². The van der Waals surface area contributed by atoms with Crippen molar-refractivity contribution in [2.75, 3.05) is 7.05 Å². The van der Waals surface area contributed by atoms with Crippen molar-refractivity contribution in [3.63, 3.8) is 0 Å². The molecule has 10 heteroatoms. The normalized spacial score (nSPS) is 11.3. The summed E-state index contributed by atoms with van der Waals surface area (Å²) < 4.78 is 35.9. The maximum absolute atomic E-state index is 12.6. The summed E-state index contributed by atoms with van der Waals surface area (Å²) in [6.07, 6.45) is 1.53. The Morgan fingerprint density at radius 1 is 1.25 bits per heavy atom. The van der Waals surface area contributed by atoms with E-state index in [0.29, 0.717) is 18.1 Å². The lowest BCUT2D eigenvalue weighted by Crippen LogP contribution is -2.36. The molecular formula is C18H24BrF2IN4O2. The van der Waals surface area contributed by atoms with Crippen molar-refractivity contribution in [1.29, 1.82) is 0 Å². The van der Waals surface area contributed by atoms with Crippen molar-refractivity contribution in [3.05, 3.63) is 45.3 Å². The van der Waals surface area contributed by atoms with E-state index < -0.39 is 6.61 Å². The predicted octanol–water partition coefficient (Wildman–Crippen LogP) is 4.65. The van der Waals surface area contributed by atoms with E-state index in [9.17, 15) is 8.78 Å². The van der Waals surface area contributed by atoms with Crippen LogP contribution in [0.4, 0.5) is 8.78 Å². The highest BCUT2D eigenvalue weighted by molar-refractivity contribution is 14.0. The second-order valence-corrected chi connectivity index (χ2v) is 6.56. The molecule has 0 spiro atoms. The van der Waals surface area contributed by atoms with E-state index >= 15 is 0 Å². The molecule has 0 amide bonds. The Bertz CT molecular complexity index is 765. The fourth-order valence-electron chi connectivity index (χ4n) is 2.61. The van der Waals surface area contributed by atoms with Crippen LogP contribution in [0.3, 0.4) is 0 Å². The number of nitrogens with zero attached hydrogens (tertiary/aromatic N) is 2. The first kappa shape index (κ1) is 24.6. The van der Waals surface area contributed by atoms with Gasteiger partial charge < -0.3 is 19.9 Å². The van der Waals surface area contributed by atoms with Crippen LogP contribution in [-0.2, 0) is 25.9 Å². The summed E-state index contributed by atoms with van der Waals surface area (Å²) in [5.41, 5.74) is 2.52. The molecule has 0 saturated carbocycles. The Morgan fingerprint density at radius 2 is 1.96 bits per heavy atom. The minimum Gasteiger partial charge on any atom is -0.434 e. The number of aliphatic imine (C=N–C) groups is 1. The third kappa shape index (κ3) is 6.87. The average Bonchev–Trinajstić information content (AvgIpc) is 3.05. The standard InChI is InChI=1S/C18H23BrF2N4O2.HI/c1-4-14-13(15(5-2)27-25-14)10-24-18(22-3)23-9-11-8-12(19)6-7-16(11)26-17(20)21;/h6-8,17H,4-5,9-10H2,1-3H3,(H2,22,23,24);1H. The molecule has 0 saturated heterocycles. The largest absolute Gasteiger partial charge is 0.434 e. The van der Waals surface area contributed by atoms with Gasteiger partial charge in [0.15, 0.2) is 5.96 Å². The Labute approximate surface area is 188 Å². The third-order valence-electron chi connectivity index (χ3n) is 3.95. The summed E-state index contributed by atoms with van der Waals surface area (Å²) in [5.74, 6) is 1.49. The molecule has 0 aliphatic heterocycles. The van der Waals surface area contributed by atoms with Crippen LogP contribution < -0.4 is 15.4 Å². The number of halogens is 4. The molecule has 156 valence electrons. The Morgan fingerprint density at radius 3 is 2.57 bits per heavy atom. The second kappa shape index (κ2) is 12.2. The van der Waals surface area contributed by atoms with Crippen LogP contribution in [0.15, 0.2) is 32.2 Å². The first-order valence-corrected chi connectivity index (χ1v) is 9.41. The molecule has 1 aromatic carbocycles. The monoisotopic (exact) mass is 572 g/mol. The molecule has 1 aromatic heterocycles. The molecule has 0 aliphatic rings. The van der Waals surface area contributed by atoms with Gasteiger partial charge in [0.05, 0.1) is 5.69 Å². The maximum Gasteiger partial charge on any atom is 0.387 e. The number of nitrogens with one attached hydrogen (secondary N) is 2. The topological polar surface area (TPSA) is 71.7 Å². The third-order valence-corrected chi connectivity index (χ3v) is 4.44. The van der Waals surface area contributed by atoms with Gasteiger partial charge in [0.25, 0.3) is 0 Å². The van der Waals surface area contributed by atoms with Gasteiger partial charge in [0, 0.05) is 42.2 Å². The molecule has 0 aliphatic carbocycles. The van der Waals surface area contributed by atoms with Crippen molar-refractivity contribution in [1.82, 2.24) is 15.8 Å². The zero-order valence-electron chi connectivity index (χ0n) is 15.9. The summed E-state index contributed by atoms with van der Waals surface area (Å²) in [5, 5.41) is 10.4. The summed E-state index contributed by atoms with van der Waals surface area (Å²) in [6, 6.07) is 4.88. The quantitative estimate of drug-likeness (QED) is 0.274. The first-order chi connectivity index (χ1) is 13.0. The maximum atomic E-state index is 12.6.